The third-order valence-corrected chi connectivity index (χ3v) is 22.6. The van der Waals surface area contributed by atoms with Crippen LogP contribution in [0.15, 0.2) is 212 Å². The lowest BCUT2D eigenvalue weighted by atomic mass is 9.74. The zero-order valence-electron chi connectivity index (χ0n) is 64.9. The van der Waals surface area contributed by atoms with Gasteiger partial charge in [-0.3, -0.25) is 0 Å². The van der Waals surface area contributed by atoms with Crippen molar-refractivity contribution in [1.82, 2.24) is 0 Å². The summed E-state index contributed by atoms with van der Waals surface area (Å²) in [6.07, 6.45) is 0. The third-order valence-electron chi connectivity index (χ3n) is 22.6. The molecule has 0 radical (unpaired) electrons. The van der Waals surface area contributed by atoms with E-state index in [0.717, 1.165) is 106 Å². The number of hydrogen-bond acceptors (Lipinski definition) is 14. The number of benzene rings is 12. The van der Waals surface area contributed by atoms with Gasteiger partial charge in [0.1, 0.15) is 80.6 Å². The molecule has 7 N–H and O–H groups in total. The van der Waals surface area contributed by atoms with Crippen molar-refractivity contribution in [3.05, 3.63) is 341 Å². The average molecular weight is 1510 g/mol. The van der Waals surface area contributed by atoms with Crippen LogP contribution >= 0.6 is 0 Å². The summed E-state index contributed by atoms with van der Waals surface area (Å²) < 4.78 is 68.8. The van der Waals surface area contributed by atoms with Gasteiger partial charge in [-0.2, -0.15) is 0 Å². The molecule has 0 unspecified atom stereocenters. The van der Waals surface area contributed by atoms with Gasteiger partial charge in [0, 0.05) is 91.9 Å². The number of fused-ring (bicyclic) bond motifs is 4. The first kappa shape index (κ1) is 77.8. The monoisotopic (exact) mass is 1510 g/mol. The maximum absolute atomic E-state index is 14.5. The fraction of sp³-hybridized carbons (Fsp3) is 0.250. The minimum absolute atomic E-state index is 0.00639. The van der Waals surface area contributed by atoms with E-state index >= 15 is 0 Å². The zero-order chi connectivity index (χ0) is 79.5. The summed E-state index contributed by atoms with van der Waals surface area (Å²) in [5, 5.41) is 69.5. The number of methoxy groups -OCH3 is 3. The molecule has 12 aromatic carbocycles. The van der Waals surface area contributed by atoms with Crippen LogP contribution in [0.2, 0.25) is 0 Å². The Labute approximate surface area is 652 Å². The molecule has 112 heavy (non-hydrogen) atoms. The van der Waals surface area contributed by atoms with Crippen LogP contribution in [0.1, 0.15) is 164 Å². The second-order valence-corrected chi connectivity index (χ2v) is 29.6. The van der Waals surface area contributed by atoms with Crippen molar-refractivity contribution in [2.75, 3.05) is 47.8 Å². The summed E-state index contributed by atoms with van der Waals surface area (Å²) >= 11 is 0. The Morgan fingerprint density at radius 3 is 0.875 bits per heavy atom. The van der Waals surface area contributed by atoms with Crippen molar-refractivity contribution in [3.8, 4) is 80.5 Å². The summed E-state index contributed by atoms with van der Waals surface area (Å²) in [6, 6.07) is 65.6. The van der Waals surface area contributed by atoms with Gasteiger partial charge < -0.3 is 68.9 Å². The van der Waals surface area contributed by atoms with Gasteiger partial charge in [0.15, 0.2) is 11.6 Å². The predicted octanol–water partition coefficient (Wildman–Crippen LogP) is 21.0. The molecule has 576 valence electrons. The second-order valence-electron chi connectivity index (χ2n) is 29.6. The van der Waals surface area contributed by atoms with Crippen molar-refractivity contribution in [1.29, 1.82) is 0 Å². The van der Waals surface area contributed by atoms with Gasteiger partial charge in [-0.1, -0.05) is 133 Å². The van der Waals surface area contributed by atoms with Crippen LogP contribution in [0.5, 0.6) is 80.5 Å². The highest BCUT2D eigenvalue weighted by Gasteiger charge is 2.40. The quantitative estimate of drug-likeness (QED) is 0.0644. The summed E-state index contributed by atoms with van der Waals surface area (Å²) in [4.78, 5) is 0. The standard InChI is InChI=1S/C25H26O4.C24H23FO3.C24H24O4.C23H21FO3/c1-14-11-18(12-15(2)24(14)28-4)23-20-9-10-22(27)16(3)25(20)29-13-21(23)17-5-7-19(26)8-6-17;1-14-4-6-16(7-5-14)19-13-28-24-15(2)21(26)10-9-18(24)23(19)17-8-11-22(27-3)20(25)12-17;1-14-12-17(6-11-22(14)27-3)23-19-9-10-21(26)15(2)24(19)28-13-20(23)16-4-7-18(25)8-5-16;1-13-11-16(5-9-20(13)24)22-18-8-10-21(26)14(2)23(18)27-12-19(22)15-3-6-17(25)7-4-15/h5-12,21,23,26-27H,13H2,1-4H3;4-12,19,23,26H,13H2,1-3H3;4-12,20,23,25-26H,13H2,1-3H3;3-11,19,22,25-26H,12H2,1-2H3/t21-,23-;19-,23-;20-,23-;19-,22-/m1111/s1. The number of aryl methyl sites for hydroxylation is 5. The van der Waals surface area contributed by atoms with Crippen molar-refractivity contribution < 1.29 is 77.7 Å². The Morgan fingerprint density at radius 2 is 0.562 bits per heavy atom. The summed E-state index contributed by atoms with van der Waals surface area (Å²) in [6.45, 7) is 19.3. The number of phenols is 7. The Morgan fingerprint density at radius 1 is 0.277 bits per heavy atom. The smallest absolute Gasteiger partial charge is 0.165 e. The molecule has 0 saturated heterocycles. The summed E-state index contributed by atoms with van der Waals surface area (Å²) in [5.41, 5.74) is 20.7. The Kier molecular flexibility index (Phi) is 23.0. The molecule has 0 spiro atoms. The first-order valence-electron chi connectivity index (χ1n) is 37.5. The molecular formula is C96H94F2O14. The first-order chi connectivity index (χ1) is 53.8. The molecule has 0 bridgehead atoms. The van der Waals surface area contributed by atoms with E-state index in [4.69, 9.17) is 33.2 Å². The molecule has 16 heteroatoms. The van der Waals surface area contributed by atoms with Crippen LogP contribution in [0.4, 0.5) is 8.78 Å². The lowest BCUT2D eigenvalue weighted by Gasteiger charge is -2.36. The molecule has 16 rings (SSSR count). The molecule has 8 atom stereocenters. The maximum Gasteiger partial charge on any atom is 0.165 e. The molecule has 0 aromatic heterocycles. The highest BCUT2D eigenvalue weighted by atomic mass is 19.1. The van der Waals surface area contributed by atoms with Gasteiger partial charge in [0.2, 0.25) is 0 Å². The molecular weight excluding hydrogens is 1420 g/mol. The number of halogens is 2. The van der Waals surface area contributed by atoms with E-state index in [2.05, 4.69) is 69.3 Å². The average Bonchev–Trinajstić information content (AvgIpc) is 0.774. The van der Waals surface area contributed by atoms with Gasteiger partial charge in [-0.05, 0) is 214 Å². The van der Waals surface area contributed by atoms with Crippen molar-refractivity contribution in [2.24, 2.45) is 0 Å². The SMILES string of the molecule is COc1c(C)cc([C@@H]2c3ccc(O)c(C)c3OC[C@@H]2c2ccc(O)cc2)cc1C.COc1ccc([C@@H]2c3ccc(O)c(C)c3OC[C@@H]2c2ccc(C)cc2)cc1F.COc1ccc([C@@H]2c3ccc(O)c(C)c3OC[C@@H]2c2ccc(O)cc2)cc1C.Cc1cc([C@@H]2c3ccc(O)c(C)c3OC[C@@H]2c2ccc(O)cc2)ccc1F. The van der Waals surface area contributed by atoms with E-state index < -0.39 is 0 Å². The lowest BCUT2D eigenvalue weighted by Crippen LogP contribution is -2.26. The van der Waals surface area contributed by atoms with Gasteiger partial charge in [-0.25, -0.2) is 8.78 Å². The maximum atomic E-state index is 14.5. The van der Waals surface area contributed by atoms with Crippen LogP contribution in [0.25, 0.3) is 0 Å². The van der Waals surface area contributed by atoms with Crippen LogP contribution < -0.4 is 33.2 Å². The fourth-order valence-corrected chi connectivity index (χ4v) is 16.6. The highest BCUT2D eigenvalue weighted by molar-refractivity contribution is 5.62. The Balaban J connectivity index is 0.000000131. The summed E-state index contributed by atoms with van der Waals surface area (Å²) in [5.74, 6) is 6.08. The van der Waals surface area contributed by atoms with E-state index in [9.17, 15) is 44.5 Å². The molecule has 0 aliphatic carbocycles. The van der Waals surface area contributed by atoms with E-state index in [1.54, 1.807) is 93.9 Å². The number of phenolic OH excluding ortho intramolecular Hbond substituents is 7. The van der Waals surface area contributed by atoms with Gasteiger partial charge in [-0.15, -0.1) is 0 Å². The van der Waals surface area contributed by atoms with Crippen LogP contribution in [0, 0.1) is 73.9 Å². The Bertz CT molecular complexity index is 5220. The van der Waals surface area contributed by atoms with Crippen molar-refractivity contribution in [3.63, 3.8) is 0 Å². The van der Waals surface area contributed by atoms with Crippen molar-refractivity contribution >= 4 is 0 Å². The van der Waals surface area contributed by atoms with Crippen LogP contribution in [-0.4, -0.2) is 83.5 Å². The molecule has 0 saturated carbocycles. The molecule has 4 heterocycles. The van der Waals surface area contributed by atoms with Crippen LogP contribution in [-0.2, 0) is 0 Å². The number of hydrogen-bond donors (Lipinski definition) is 7. The third kappa shape index (κ3) is 15.8. The minimum atomic E-state index is -0.383. The first-order valence-corrected chi connectivity index (χ1v) is 37.5. The number of ether oxygens (including phenoxy) is 7. The number of aromatic hydroxyl groups is 7. The molecule has 4 aliphatic heterocycles. The van der Waals surface area contributed by atoms with Crippen molar-refractivity contribution in [2.45, 2.75) is 110 Å². The normalized spacial score (nSPS) is 18.3. The van der Waals surface area contributed by atoms with Gasteiger partial charge in [0.05, 0.1) is 47.8 Å². The van der Waals surface area contributed by atoms with Gasteiger partial charge >= 0.3 is 0 Å². The molecule has 14 nitrogen and oxygen atoms in total. The fourth-order valence-electron chi connectivity index (χ4n) is 16.6. The highest BCUT2D eigenvalue weighted by Crippen LogP contribution is 2.54. The van der Waals surface area contributed by atoms with E-state index in [-0.39, 0.29) is 105 Å². The molecule has 0 fully saturated rings. The largest absolute Gasteiger partial charge is 0.508 e. The molecule has 0 amide bonds. The summed E-state index contributed by atoms with van der Waals surface area (Å²) in [7, 11) is 4.84. The molecule has 12 aromatic rings. The van der Waals surface area contributed by atoms with Gasteiger partial charge in [0.25, 0.3) is 0 Å². The van der Waals surface area contributed by atoms with Crippen LogP contribution in [0.3, 0.4) is 0 Å². The Hall–Kier alpha value is -12.3. The second kappa shape index (κ2) is 33.1. The van der Waals surface area contributed by atoms with E-state index in [1.807, 2.05) is 120 Å². The van der Waals surface area contributed by atoms with E-state index in [0.29, 0.717) is 54.6 Å². The van der Waals surface area contributed by atoms with E-state index in [1.165, 1.54) is 29.9 Å². The lowest BCUT2D eigenvalue weighted by molar-refractivity contribution is 0.245. The minimum Gasteiger partial charge on any atom is -0.508 e. The predicted molar refractivity (Wildman–Crippen MR) is 431 cm³/mol. The zero-order valence-corrected chi connectivity index (χ0v) is 64.9. The number of rotatable bonds is 11. The topological polar surface area (TPSA) is 206 Å². The molecule has 4 aliphatic rings.